The lowest BCUT2D eigenvalue weighted by Gasteiger charge is -2.19. The Morgan fingerprint density at radius 3 is 2.79 bits per heavy atom. The quantitative estimate of drug-likeness (QED) is 0.674. The fourth-order valence-corrected chi connectivity index (χ4v) is 3.10. The van der Waals surface area contributed by atoms with Crippen LogP contribution in [0.5, 0.6) is 0 Å². The first-order chi connectivity index (χ1) is 9.13. The van der Waals surface area contributed by atoms with Gasteiger partial charge < -0.3 is 9.73 Å². The molecule has 0 fully saturated rings. The van der Waals surface area contributed by atoms with Gasteiger partial charge in [0.05, 0.1) is 16.8 Å². The van der Waals surface area contributed by atoms with Gasteiger partial charge in [0.1, 0.15) is 11.6 Å². The fraction of sp³-hybridized carbons (Fsp3) is 0.286. The zero-order valence-electron chi connectivity index (χ0n) is 10.4. The Hall–Kier alpha value is -0.400. The molecule has 0 amide bonds. The lowest BCUT2D eigenvalue weighted by atomic mass is 10.0. The van der Waals surface area contributed by atoms with E-state index in [1.807, 2.05) is 6.07 Å². The van der Waals surface area contributed by atoms with Crippen LogP contribution in [-0.2, 0) is 0 Å². The summed E-state index contributed by atoms with van der Waals surface area (Å²) in [6, 6.07) is 6.62. The number of halogens is 3. The van der Waals surface area contributed by atoms with E-state index in [2.05, 4.69) is 50.8 Å². The minimum absolute atomic E-state index is 0.0724. The molecule has 0 aliphatic carbocycles. The van der Waals surface area contributed by atoms with Gasteiger partial charge in [0.2, 0.25) is 0 Å². The standard InChI is InChI=1S/C14H14BrFINO/c1-2-6-18-13(14-11(15)5-7-19-14)10-4-3-9(16)8-12(10)17/h3-5,7-8,13,18H,2,6H2,1H3. The molecule has 19 heavy (non-hydrogen) atoms. The van der Waals surface area contributed by atoms with E-state index >= 15 is 0 Å². The fourth-order valence-electron chi connectivity index (χ4n) is 1.88. The molecule has 1 heterocycles. The van der Waals surface area contributed by atoms with E-state index in [0.29, 0.717) is 0 Å². The monoisotopic (exact) mass is 437 g/mol. The molecule has 2 aromatic rings. The molecule has 1 atom stereocenters. The molecule has 0 aliphatic rings. The van der Waals surface area contributed by atoms with Crippen LogP contribution in [0.2, 0.25) is 0 Å². The van der Waals surface area contributed by atoms with E-state index in [1.165, 1.54) is 12.1 Å². The van der Waals surface area contributed by atoms with Crippen LogP contribution in [-0.4, -0.2) is 6.54 Å². The van der Waals surface area contributed by atoms with E-state index < -0.39 is 0 Å². The third-order valence-electron chi connectivity index (χ3n) is 2.78. The summed E-state index contributed by atoms with van der Waals surface area (Å²) in [5.41, 5.74) is 1.02. The highest BCUT2D eigenvalue weighted by atomic mass is 127. The molecule has 0 saturated carbocycles. The van der Waals surface area contributed by atoms with Gasteiger partial charge in [-0.25, -0.2) is 4.39 Å². The Labute approximate surface area is 134 Å². The van der Waals surface area contributed by atoms with Crippen LogP contribution in [0.4, 0.5) is 4.39 Å². The third-order valence-corrected chi connectivity index (χ3v) is 4.37. The van der Waals surface area contributed by atoms with Crippen LogP contribution in [0.1, 0.15) is 30.7 Å². The first kappa shape index (κ1) is 15.0. The minimum Gasteiger partial charge on any atom is -0.466 e. The van der Waals surface area contributed by atoms with Crippen LogP contribution in [0.15, 0.2) is 39.4 Å². The molecule has 0 radical (unpaired) electrons. The van der Waals surface area contributed by atoms with Gasteiger partial charge in [0.25, 0.3) is 0 Å². The number of hydrogen-bond donors (Lipinski definition) is 1. The topological polar surface area (TPSA) is 25.2 Å². The second-order valence-electron chi connectivity index (χ2n) is 4.19. The maximum absolute atomic E-state index is 13.2. The van der Waals surface area contributed by atoms with Gasteiger partial charge in [-0.2, -0.15) is 0 Å². The van der Waals surface area contributed by atoms with Crippen molar-refractivity contribution in [1.29, 1.82) is 0 Å². The molecule has 1 aromatic heterocycles. The average molecular weight is 438 g/mol. The number of rotatable bonds is 5. The smallest absolute Gasteiger partial charge is 0.139 e. The Balaban J connectivity index is 2.40. The minimum atomic E-state index is -0.221. The number of nitrogens with one attached hydrogen (secondary N) is 1. The van der Waals surface area contributed by atoms with Gasteiger partial charge in [-0.1, -0.05) is 13.0 Å². The van der Waals surface area contributed by atoms with Crippen LogP contribution < -0.4 is 5.32 Å². The largest absolute Gasteiger partial charge is 0.466 e. The van der Waals surface area contributed by atoms with Crippen molar-refractivity contribution in [2.75, 3.05) is 6.54 Å². The Kier molecular flexibility index (Phi) is 5.41. The Bertz CT molecular complexity index is 558. The molecule has 2 nitrogen and oxygen atoms in total. The van der Waals surface area contributed by atoms with Crippen molar-refractivity contribution >= 4 is 38.5 Å². The van der Waals surface area contributed by atoms with Crippen molar-refractivity contribution in [2.45, 2.75) is 19.4 Å². The number of benzene rings is 1. The van der Waals surface area contributed by atoms with Crippen LogP contribution in [0.25, 0.3) is 0 Å². The maximum atomic E-state index is 13.2. The molecule has 1 N–H and O–H groups in total. The van der Waals surface area contributed by atoms with Gasteiger partial charge in [0, 0.05) is 3.57 Å². The van der Waals surface area contributed by atoms with Gasteiger partial charge in [-0.3, -0.25) is 0 Å². The Morgan fingerprint density at radius 2 is 2.21 bits per heavy atom. The molecule has 5 heteroatoms. The molecule has 0 bridgehead atoms. The highest BCUT2D eigenvalue weighted by molar-refractivity contribution is 14.1. The maximum Gasteiger partial charge on any atom is 0.139 e. The molecule has 0 aliphatic heterocycles. The van der Waals surface area contributed by atoms with Crippen molar-refractivity contribution in [2.24, 2.45) is 0 Å². The highest BCUT2D eigenvalue weighted by Gasteiger charge is 2.21. The molecule has 0 saturated heterocycles. The van der Waals surface area contributed by atoms with Crippen molar-refractivity contribution in [3.63, 3.8) is 0 Å². The molecular formula is C14H14BrFINO. The molecule has 2 rings (SSSR count). The molecule has 0 spiro atoms. The van der Waals surface area contributed by atoms with E-state index in [-0.39, 0.29) is 11.9 Å². The summed E-state index contributed by atoms with van der Waals surface area (Å²) >= 11 is 5.64. The van der Waals surface area contributed by atoms with Gasteiger partial charge in [-0.15, -0.1) is 0 Å². The number of furan rings is 1. The molecule has 102 valence electrons. The lowest BCUT2D eigenvalue weighted by molar-refractivity contribution is 0.443. The van der Waals surface area contributed by atoms with Crippen LogP contribution in [0.3, 0.4) is 0 Å². The predicted molar refractivity (Wildman–Crippen MR) is 85.7 cm³/mol. The van der Waals surface area contributed by atoms with E-state index in [4.69, 9.17) is 4.42 Å². The van der Waals surface area contributed by atoms with E-state index in [1.54, 1.807) is 12.3 Å². The highest BCUT2D eigenvalue weighted by Crippen LogP contribution is 2.32. The summed E-state index contributed by atoms with van der Waals surface area (Å²) in [6.07, 6.45) is 2.67. The summed E-state index contributed by atoms with van der Waals surface area (Å²) in [4.78, 5) is 0. The number of hydrogen-bond acceptors (Lipinski definition) is 2. The average Bonchev–Trinajstić information content (AvgIpc) is 2.78. The summed E-state index contributed by atoms with van der Waals surface area (Å²) < 4.78 is 20.6. The van der Waals surface area contributed by atoms with Crippen molar-refractivity contribution in [3.8, 4) is 0 Å². The van der Waals surface area contributed by atoms with Gasteiger partial charge in [0.15, 0.2) is 0 Å². The van der Waals surface area contributed by atoms with Crippen molar-refractivity contribution < 1.29 is 8.81 Å². The third kappa shape index (κ3) is 3.58. The summed E-state index contributed by atoms with van der Waals surface area (Å²) in [5, 5.41) is 3.44. The van der Waals surface area contributed by atoms with Crippen molar-refractivity contribution in [3.05, 3.63) is 55.7 Å². The lowest BCUT2D eigenvalue weighted by Crippen LogP contribution is -2.24. The van der Waals surface area contributed by atoms with Gasteiger partial charge in [-0.05, 0) is 75.2 Å². The Morgan fingerprint density at radius 1 is 1.42 bits per heavy atom. The molecule has 1 aromatic carbocycles. The molecule has 1 unspecified atom stereocenters. The van der Waals surface area contributed by atoms with E-state index in [9.17, 15) is 4.39 Å². The SMILES string of the molecule is CCCNC(c1ccc(F)cc1I)c1occc1Br. The first-order valence-corrected chi connectivity index (χ1v) is 7.92. The zero-order chi connectivity index (χ0) is 13.8. The zero-order valence-corrected chi connectivity index (χ0v) is 14.2. The molecular weight excluding hydrogens is 424 g/mol. The summed E-state index contributed by atoms with van der Waals surface area (Å²) in [6.45, 7) is 2.97. The predicted octanol–water partition coefficient (Wildman–Crippen LogP) is 4.87. The van der Waals surface area contributed by atoms with Gasteiger partial charge >= 0.3 is 0 Å². The second-order valence-corrected chi connectivity index (χ2v) is 6.20. The summed E-state index contributed by atoms with van der Waals surface area (Å²) in [7, 11) is 0. The van der Waals surface area contributed by atoms with Crippen LogP contribution in [0, 0.1) is 9.39 Å². The summed E-state index contributed by atoms with van der Waals surface area (Å²) in [5.74, 6) is 0.596. The van der Waals surface area contributed by atoms with E-state index in [0.717, 1.165) is 32.3 Å². The first-order valence-electron chi connectivity index (χ1n) is 6.04. The second kappa shape index (κ2) is 6.85. The van der Waals surface area contributed by atoms with Crippen molar-refractivity contribution in [1.82, 2.24) is 5.32 Å². The normalized spacial score (nSPS) is 12.6. The van der Waals surface area contributed by atoms with Crippen LogP contribution >= 0.6 is 38.5 Å².